The van der Waals surface area contributed by atoms with Crippen LogP contribution in [0.15, 0.2) is 0 Å². The van der Waals surface area contributed by atoms with E-state index in [0.29, 0.717) is 4.90 Å². The van der Waals surface area contributed by atoms with Crippen LogP contribution in [0.3, 0.4) is 0 Å². The second-order valence-corrected chi connectivity index (χ2v) is 7.17. The summed E-state index contributed by atoms with van der Waals surface area (Å²) in [7, 11) is -3.34. The van der Waals surface area contributed by atoms with Gasteiger partial charge < -0.3 is 5.11 Å². The largest absolute Gasteiger partial charge is 0.480 e. The summed E-state index contributed by atoms with van der Waals surface area (Å²) in [5.74, 6) is -2.85. The quantitative estimate of drug-likeness (QED) is 0.646. The van der Waals surface area contributed by atoms with Crippen LogP contribution in [0, 0.1) is 0 Å². The van der Waals surface area contributed by atoms with Gasteiger partial charge in [-0.2, -0.15) is 0 Å². The second kappa shape index (κ2) is 5.70. The molecule has 7 nitrogen and oxygen atoms in total. The molecule has 1 atom stereocenters. The molecule has 1 aliphatic rings. The fraction of sp³-hybridized carbons (Fsp3) is 0.667. The molecule has 0 radical (unpaired) electrons. The minimum atomic E-state index is -3.34. The van der Waals surface area contributed by atoms with Crippen LogP contribution in [-0.2, 0) is 24.2 Å². The highest BCUT2D eigenvalue weighted by Crippen LogP contribution is 2.17. The number of rotatable bonds is 5. The molecule has 9 heteroatoms. The Hall–Kier alpha value is -1.09. The van der Waals surface area contributed by atoms with Crippen LogP contribution in [0.25, 0.3) is 0 Å². The highest BCUT2D eigenvalue weighted by Gasteiger charge is 2.37. The van der Waals surface area contributed by atoms with E-state index in [1.165, 1.54) is 0 Å². The lowest BCUT2D eigenvalue weighted by molar-refractivity contribution is -0.156. The third kappa shape index (κ3) is 3.98. The van der Waals surface area contributed by atoms with E-state index in [1.54, 1.807) is 0 Å². The summed E-state index contributed by atoms with van der Waals surface area (Å²) in [5.41, 5.74) is 0. The summed E-state index contributed by atoms with van der Waals surface area (Å²) in [6.07, 6.45) is 0.692. The Labute approximate surface area is 108 Å². The van der Waals surface area contributed by atoms with Gasteiger partial charge in [-0.3, -0.25) is 14.5 Å². The van der Waals surface area contributed by atoms with Crippen LogP contribution in [0.2, 0.25) is 0 Å². The predicted molar refractivity (Wildman–Crippen MR) is 64.9 cm³/mol. The number of amides is 2. The lowest BCUT2D eigenvalue weighted by Crippen LogP contribution is -2.52. The van der Waals surface area contributed by atoms with Crippen LogP contribution in [0.1, 0.15) is 6.42 Å². The zero-order valence-electron chi connectivity index (χ0n) is 9.66. The van der Waals surface area contributed by atoms with Gasteiger partial charge in [0.1, 0.15) is 15.9 Å². The summed E-state index contributed by atoms with van der Waals surface area (Å²) >= 11 is 1.12. The van der Waals surface area contributed by atoms with Crippen molar-refractivity contribution in [3.05, 3.63) is 0 Å². The first-order valence-electron chi connectivity index (χ1n) is 5.05. The highest BCUT2D eigenvalue weighted by molar-refractivity contribution is 8.00. The Balaban J connectivity index is 2.86. The van der Waals surface area contributed by atoms with Gasteiger partial charge in [-0.25, -0.2) is 13.2 Å². The van der Waals surface area contributed by atoms with Gasteiger partial charge in [0.05, 0.1) is 17.3 Å². The maximum Gasteiger partial charge on any atom is 0.326 e. The third-order valence-electron chi connectivity index (χ3n) is 2.35. The SMILES string of the molecule is CS(=O)(=O)CCC(C(=O)O)N1C(=O)CSCC1=O. The molecule has 1 saturated heterocycles. The molecule has 0 aromatic carbocycles. The first-order valence-corrected chi connectivity index (χ1v) is 8.27. The number of imide groups is 1. The van der Waals surface area contributed by atoms with Gasteiger partial charge in [-0.05, 0) is 6.42 Å². The van der Waals surface area contributed by atoms with Gasteiger partial charge in [-0.1, -0.05) is 0 Å². The van der Waals surface area contributed by atoms with E-state index in [0.717, 1.165) is 18.0 Å². The first kappa shape index (κ1) is 15.0. The highest BCUT2D eigenvalue weighted by atomic mass is 32.2. The van der Waals surface area contributed by atoms with Gasteiger partial charge in [-0.15, -0.1) is 11.8 Å². The Morgan fingerprint density at radius 1 is 1.39 bits per heavy atom. The van der Waals surface area contributed by atoms with Gasteiger partial charge in [0.15, 0.2) is 0 Å². The van der Waals surface area contributed by atoms with E-state index < -0.39 is 33.7 Å². The number of carboxylic acids is 1. The van der Waals surface area contributed by atoms with Crippen molar-refractivity contribution in [3.8, 4) is 0 Å². The number of carbonyl (C=O) groups excluding carboxylic acids is 2. The molecule has 1 N–H and O–H groups in total. The Bertz CT molecular complexity index is 455. The van der Waals surface area contributed by atoms with Crippen molar-refractivity contribution in [3.63, 3.8) is 0 Å². The maximum atomic E-state index is 11.5. The van der Waals surface area contributed by atoms with Crippen molar-refractivity contribution in [2.24, 2.45) is 0 Å². The smallest absolute Gasteiger partial charge is 0.326 e. The van der Waals surface area contributed by atoms with Crippen molar-refractivity contribution >= 4 is 39.4 Å². The fourth-order valence-electron chi connectivity index (χ4n) is 1.54. The summed E-state index contributed by atoms with van der Waals surface area (Å²) < 4.78 is 22.0. The minimum Gasteiger partial charge on any atom is -0.480 e. The van der Waals surface area contributed by atoms with Crippen LogP contribution < -0.4 is 0 Å². The molecular weight excluding hydrogens is 282 g/mol. The van der Waals surface area contributed by atoms with Crippen LogP contribution in [0.4, 0.5) is 0 Å². The molecule has 1 fully saturated rings. The Morgan fingerprint density at radius 2 is 1.89 bits per heavy atom. The van der Waals surface area contributed by atoms with Gasteiger partial charge in [0.25, 0.3) is 0 Å². The van der Waals surface area contributed by atoms with Crippen molar-refractivity contribution in [1.29, 1.82) is 0 Å². The van der Waals surface area contributed by atoms with E-state index in [-0.39, 0.29) is 23.7 Å². The third-order valence-corrected chi connectivity index (χ3v) is 4.23. The molecule has 1 aliphatic heterocycles. The molecule has 0 aliphatic carbocycles. The van der Waals surface area contributed by atoms with Crippen LogP contribution in [0.5, 0.6) is 0 Å². The van der Waals surface area contributed by atoms with E-state index in [1.807, 2.05) is 0 Å². The van der Waals surface area contributed by atoms with Gasteiger partial charge in [0.2, 0.25) is 11.8 Å². The summed E-state index contributed by atoms with van der Waals surface area (Å²) in [4.78, 5) is 34.8. The molecule has 0 spiro atoms. The zero-order valence-corrected chi connectivity index (χ0v) is 11.3. The summed E-state index contributed by atoms with van der Waals surface area (Å²) in [6, 6.07) is -1.40. The Morgan fingerprint density at radius 3 is 2.28 bits per heavy atom. The number of thioether (sulfide) groups is 1. The van der Waals surface area contributed by atoms with Crippen LogP contribution >= 0.6 is 11.8 Å². The average Bonchev–Trinajstić information content (AvgIpc) is 2.20. The molecule has 18 heavy (non-hydrogen) atoms. The number of hydrogen-bond donors (Lipinski definition) is 1. The van der Waals surface area contributed by atoms with Gasteiger partial charge in [0, 0.05) is 6.26 Å². The standard InChI is InChI=1S/C9H13NO6S2/c1-18(15,16)3-2-6(9(13)14)10-7(11)4-17-5-8(10)12/h6H,2-5H2,1H3,(H,13,14). The molecule has 1 unspecified atom stereocenters. The van der Waals surface area contributed by atoms with Crippen molar-refractivity contribution in [1.82, 2.24) is 4.90 Å². The van der Waals surface area contributed by atoms with E-state index in [4.69, 9.17) is 5.11 Å². The number of hydrogen-bond acceptors (Lipinski definition) is 6. The fourth-order valence-corrected chi connectivity index (χ4v) is 2.92. The molecule has 2 amide bonds. The molecular formula is C9H13NO6S2. The number of sulfone groups is 1. The predicted octanol–water partition coefficient (Wildman–Crippen LogP) is -1.02. The normalized spacial score (nSPS) is 18.8. The van der Waals surface area contributed by atoms with Crippen molar-refractivity contribution in [2.45, 2.75) is 12.5 Å². The topological polar surface area (TPSA) is 109 Å². The summed E-state index contributed by atoms with van der Waals surface area (Å²) in [5, 5.41) is 9.01. The van der Waals surface area contributed by atoms with Crippen LogP contribution in [-0.4, -0.2) is 65.8 Å². The lowest BCUT2D eigenvalue weighted by atomic mass is 10.2. The first-order chi connectivity index (χ1) is 8.22. The van der Waals surface area contributed by atoms with Crippen molar-refractivity contribution in [2.75, 3.05) is 23.5 Å². The molecule has 0 bridgehead atoms. The number of carboxylic acid groups (broad SMARTS) is 1. The molecule has 0 saturated carbocycles. The molecule has 0 aromatic heterocycles. The summed E-state index contributed by atoms with van der Waals surface area (Å²) in [6.45, 7) is 0. The minimum absolute atomic E-state index is 0.0361. The lowest BCUT2D eigenvalue weighted by Gasteiger charge is -2.29. The molecule has 1 rings (SSSR count). The number of aliphatic carboxylic acids is 1. The zero-order chi connectivity index (χ0) is 13.9. The van der Waals surface area contributed by atoms with E-state index in [2.05, 4.69) is 0 Å². The maximum absolute atomic E-state index is 11.5. The second-order valence-electron chi connectivity index (χ2n) is 3.92. The van der Waals surface area contributed by atoms with Gasteiger partial charge >= 0.3 is 5.97 Å². The average molecular weight is 295 g/mol. The molecule has 1 heterocycles. The number of nitrogens with zero attached hydrogens (tertiary/aromatic N) is 1. The molecule has 102 valence electrons. The van der Waals surface area contributed by atoms with Crippen molar-refractivity contribution < 1.29 is 27.9 Å². The van der Waals surface area contributed by atoms with E-state index >= 15 is 0 Å². The Kier molecular flexibility index (Phi) is 4.74. The van der Waals surface area contributed by atoms with E-state index in [9.17, 15) is 22.8 Å². The molecule has 0 aromatic rings. The number of carbonyl (C=O) groups is 3. The monoisotopic (exact) mass is 295 g/mol.